The van der Waals surface area contributed by atoms with Crippen molar-refractivity contribution in [2.24, 2.45) is 0 Å². The summed E-state index contributed by atoms with van der Waals surface area (Å²) in [5.74, 6) is -12.0. The van der Waals surface area contributed by atoms with Crippen LogP contribution in [0.3, 0.4) is 0 Å². The van der Waals surface area contributed by atoms with Gasteiger partial charge in [0.05, 0.1) is 11.4 Å². The predicted molar refractivity (Wildman–Crippen MR) is 30.8 cm³/mol. The molecule has 0 rings (SSSR count). The van der Waals surface area contributed by atoms with Gasteiger partial charge in [-0.2, -0.15) is 30.7 Å². The van der Waals surface area contributed by atoms with Crippen LogP contribution in [-0.4, -0.2) is 33.4 Å². The summed E-state index contributed by atoms with van der Waals surface area (Å²) in [5, 5.41) is 0. The molecule has 0 amide bonds. The lowest BCUT2D eigenvalue weighted by Crippen LogP contribution is -2.54. The molecule has 0 aromatic carbocycles. The first-order chi connectivity index (χ1) is 6.42. The van der Waals surface area contributed by atoms with Gasteiger partial charge in [0, 0.05) is 0 Å². The lowest BCUT2D eigenvalue weighted by atomic mass is 10.2. The maximum atomic E-state index is 12.2. The third-order valence-corrected chi connectivity index (χ3v) is 1.46. The average Bonchev–Trinajstić information content (AvgIpc) is 1.98. The van der Waals surface area contributed by atoms with Crippen LogP contribution < -0.4 is 0 Å². The van der Waals surface area contributed by atoms with Gasteiger partial charge >= 0.3 is 18.0 Å². The number of rotatable bonds is 4. The molecule has 0 aromatic rings. The Hall–Kier alpha value is -0.420. The van der Waals surface area contributed by atoms with E-state index in [1.165, 1.54) is 0 Å². The van der Waals surface area contributed by atoms with Crippen LogP contribution in [-0.2, 0) is 15.5 Å². The molecule has 0 heterocycles. The largest absolute Gasteiger partial charge is 0.750 e. The summed E-state index contributed by atoms with van der Waals surface area (Å²) in [4.78, 5) is 0. The molecule has 11 heteroatoms. The van der Waals surface area contributed by atoms with Crippen molar-refractivity contribution in [2.45, 2.75) is 18.0 Å². The minimum absolute atomic E-state index is 2.59. The smallest absolute Gasteiger partial charge is 0.459 e. The first kappa shape index (κ1) is 14.6. The van der Waals surface area contributed by atoms with Gasteiger partial charge < -0.3 is 4.55 Å². The standard InChI is InChI=1S/C4H3F7O3S/c5-2(6,1-14-15(12)13)3(7,8)4(9,10)11/h1H2,(H,12,13)/p-1. The van der Waals surface area contributed by atoms with Crippen LogP contribution in [0.25, 0.3) is 0 Å². The van der Waals surface area contributed by atoms with Gasteiger partial charge in [-0.15, -0.1) is 0 Å². The fourth-order valence-electron chi connectivity index (χ4n) is 0.420. The predicted octanol–water partition coefficient (Wildman–Crippen LogP) is 1.63. The Morgan fingerprint density at radius 2 is 1.47 bits per heavy atom. The lowest BCUT2D eigenvalue weighted by molar-refractivity contribution is -0.358. The fourth-order valence-corrected chi connectivity index (χ4v) is 0.664. The topological polar surface area (TPSA) is 49.4 Å². The summed E-state index contributed by atoms with van der Waals surface area (Å²) in [7, 11) is 0. The van der Waals surface area contributed by atoms with Crippen LogP contribution in [0, 0.1) is 0 Å². The van der Waals surface area contributed by atoms with E-state index in [9.17, 15) is 39.5 Å². The molecule has 1 atom stereocenters. The number of halogens is 7. The third kappa shape index (κ3) is 3.28. The Labute approximate surface area is 80.7 Å². The Balaban J connectivity index is 4.77. The molecule has 0 fully saturated rings. The van der Waals surface area contributed by atoms with Gasteiger partial charge in [0.15, 0.2) is 0 Å². The van der Waals surface area contributed by atoms with Crippen molar-refractivity contribution in [1.29, 1.82) is 0 Å². The Morgan fingerprint density at radius 1 is 1.07 bits per heavy atom. The van der Waals surface area contributed by atoms with Crippen molar-refractivity contribution in [3.63, 3.8) is 0 Å². The van der Waals surface area contributed by atoms with Gasteiger partial charge in [0.2, 0.25) is 0 Å². The van der Waals surface area contributed by atoms with Crippen LogP contribution in [0.15, 0.2) is 0 Å². The lowest BCUT2D eigenvalue weighted by Gasteiger charge is -2.27. The van der Waals surface area contributed by atoms with Gasteiger partial charge in [0.1, 0.15) is 6.61 Å². The molecule has 0 aromatic heterocycles. The van der Waals surface area contributed by atoms with E-state index in [0.29, 0.717) is 0 Å². The van der Waals surface area contributed by atoms with Crippen molar-refractivity contribution in [3.05, 3.63) is 0 Å². The molecule has 0 aliphatic rings. The highest BCUT2D eigenvalue weighted by Crippen LogP contribution is 2.46. The summed E-state index contributed by atoms with van der Waals surface area (Å²) < 4.78 is 105. The van der Waals surface area contributed by atoms with Gasteiger partial charge in [-0.1, -0.05) is 0 Å². The molecule has 0 N–H and O–H groups in total. The highest BCUT2D eigenvalue weighted by Gasteiger charge is 2.73. The van der Waals surface area contributed by atoms with Crippen LogP contribution in [0.2, 0.25) is 0 Å². The van der Waals surface area contributed by atoms with E-state index < -0.39 is 36.0 Å². The van der Waals surface area contributed by atoms with Crippen molar-refractivity contribution in [2.75, 3.05) is 6.61 Å². The van der Waals surface area contributed by atoms with Crippen molar-refractivity contribution in [1.82, 2.24) is 0 Å². The van der Waals surface area contributed by atoms with E-state index in [4.69, 9.17) is 0 Å². The molecular weight excluding hydrogens is 261 g/mol. The summed E-state index contributed by atoms with van der Waals surface area (Å²) >= 11 is -3.60. The third-order valence-electron chi connectivity index (χ3n) is 1.15. The monoisotopic (exact) mass is 263 g/mol. The zero-order valence-electron chi connectivity index (χ0n) is 6.49. The first-order valence-corrected chi connectivity index (χ1v) is 3.97. The molecule has 1 unspecified atom stereocenters. The average molecular weight is 263 g/mol. The Kier molecular flexibility index (Phi) is 4.10. The van der Waals surface area contributed by atoms with Gasteiger partial charge in [0.25, 0.3) is 0 Å². The highest BCUT2D eigenvalue weighted by molar-refractivity contribution is 7.74. The van der Waals surface area contributed by atoms with E-state index in [1.807, 2.05) is 0 Å². The minimum Gasteiger partial charge on any atom is -0.750 e. The fraction of sp³-hybridized carbons (Fsp3) is 1.00. The van der Waals surface area contributed by atoms with Gasteiger partial charge in [-0.3, -0.25) is 4.18 Å². The molecule has 0 aliphatic heterocycles. The number of hydrogen-bond donors (Lipinski definition) is 0. The molecule has 0 spiro atoms. The zero-order chi connectivity index (χ0) is 12.5. The van der Waals surface area contributed by atoms with Crippen molar-refractivity contribution in [3.8, 4) is 0 Å². The molecule has 0 radical (unpaired) electrons. The molecule has 0 aliphatic carbocycles. The van der Waals surface area contributed by atoms with E-state index in [-0.39, 0.29) is 0 Å². The summed E-state index contributed by atoms with van der Waals surface area (Å²) in [5.41, 5.74) is 0. The normalized spacial score (nSPS) is 16.5. The molecule has 3 nitrogen and oxygen atoms in total. The Bertz CT molecular complexity index is 249. The van der Waals surface area contributed by atoms with Gasteiger partial charge in [-0.05, 0) is 0 Å². The summed E-state index contributed by atoms with van der Waals surface area (Å²) in [6, 6.07) is 0. The first-order valence-electron chi connectivity index (χ1n) is 2.97. The maximum Gasteiger partial charge on any atom is 0.459 e. The molecule has 0 saturated carbocycles. The minimum atomic E-state index is -6.50. The second-order valence-electron chi connectivity index (χ2n) is 2.24. The number of hydrogen-bond acceptors (Lipinski definition) is 3. The Morgan fingerprint density at radius 3 is 1.73 bits per heavy atom. The van der Waals surface area contributed by atoms with E-state index in [1.54, 1.807) is 0 Å². The highest BCUT2D eigenvalue weighted by atomic mass is 32.2. The van der Waals surface area contributed by atoms with Gasteiger partial charge in [-0.25, -0.2) is 4.21 Å². The summed E-state index contributed by atoms with van der Waals surface area (Å²) in [6.45, 7) is -2.59. The quantitative estimate of drug-likeness (QED) is 0.572. The second kappa shape index (κ2) is 4.22. The summed E-state index contributed by atoms with van der Waals surface area (Å²) in [6.07, 6.45) is -6.50. The van der Waals surface area contributed by atoms with E-state index in [2.05, 4.69) is 4.18 Å². The SMILES string of the molecule is O=S([O-])OCC(F)(F)C(F)(F)C(F)(F)F. The molecule has 0 bridgehead atoms. The second-order valence-corrected chi connectivity index (χ2v) is 2.89. The van der Waals surface area contributed by atoms with Crippen LogP contribution in [0.5, 0.6) is 0 Å². The zero-order valence-corrected chi connectivity index (χ0v) is 7.30. The van der Waals surface area contributed by atoms with E-state index in [0.717, 1.165) is 0 Å². The van der Waals surface area contributed by atoms with Crippen LogP contribution in [0.4, 0.5) is 30.7 Å². The van der Waals surface area contributed by atoms with Crippen molar-refractivity contribution >= 4 is 11.4 Å². The molecule has 15 heavy (non-hydrogen) atoms. The maximum absolute atomic E-state index is 12.2. The molecule has 92 valence electrons. The van der Waals surface area contributed by atoms with Crippen LogP contribution >= 0.6 is 0 Å². The van der Waals surface area contributed by atoms with Crippen LogP contribution in [0.1, 0.15) is 0 Å². The van der Waals surface area contributed by atoms with Crippen molar-refractivity contribution < 1.29 is 43.7 Å². The number of alkyl halides is 7. The molecular formula is C4H2F7O3S-. The molecule has 0 saturated heterocycles. The van der Waals surface area contributed by atoms with E-state index >= 15 is 0 Å².